The summed E-state index contributed by atoms with van der Waals surface area (Å²) >= 11 is 0. The molecule has 1 aromatic carbocycles. The highest BCUT2D eigenvalue weighted by Crippen LogP contribution is 2.53. The highest BCUT2D eigenvalue weighted by Gasteiger charge is 2.67. The maximum absolute atomic E-state index is 13.8. The minimum absolute atomic E-state index is 0.0281. The van der Waals surface area contributed by atoms with E-state index in [1.807, 2.05) is 0 Å². The number of primary amides is 1. The third kappa shape index (κ3) is 3.30. The maximum Gasteiger partial charge on any atom is 0.230 e. The zero-order valence-electron chi connectivity index (χ0n) is 20.8. The SMILES string of the molecule is CC(=O)c1cc(N(C)C)c2c(c1O)C(O)=C1C(=O)[C@]3(O)C(=O)C(C(N)=O)C(O)[C@@H](N(C)C)[C@@H]3C[C@@H]1C2. The van der Waals surface area contributed by atoms with Crippen LogP contribution in [-0.4, -0.2) is 94.5 Å². The Morgan fingerprint density at radius 1 is 1.14 bits per heavy atom. The van der Waals surface area contributed by atoms with Gasteiger partial charge < -0.3 is 36.0 Å². The Morgan fingerprint density at radius 2 is 1.75 bits per heavy atom. The van der Waals surface area contributed by atoms with Gasteiger partial charge in [-0.1, -0.05) is 0 Å². The second-order valence-electron chi connectivity index (χ2n) is 10.4. The number of amides is 1. The van der Waals surface area contributed by atoms with Gasteiger partial charge in [0.05, 0.1) is 17.2 Å². The molecule has 2 saturated carbocycles. The quantitative estimate of drug-likeness (QED) is 0.264. The fraction of sp³-hybridized carbons (Fsp3) is 0.520. The normalized spacial score (nSPS) is 31.6. The minimum atomic E-state index is -2.72. The molecule has 6 atom stereocenters. The average Bonchev–Trinajstić information content (AvgIpc) is 2.75. The van der Waals surface area contributed by atoms with Gasteiger partial charge in [0.2, 0.25) is 11.7 Å². The minimum Gasteiger partial charge on any atom is -0.507 e. The highest BCUT2D eigenvalue weighted by molar-refractivity contribution is 6.25. The Labute approximate surface area is 207 Å². The van der Waals surface area contributed by atoms with Crippen LogP contribution >= 0.6 is 0 Å². The summed E-state index contributed by atoms with van der Waals surface area (Å²) in [6, 6.07) is 0.560. The van der Waals surface area contributed by atoms with Gasteiger partial charge in [-0.25, -0.2) is 0 Å². The van der Waals surface area contributed by atoms with E-state index in [4.69, 9.17) is 5.73 Å². The molecule has 0 heterocycles. The van der Waals surface area contributed by atoms with Crippen LogP contribution in [0.15, 0.2) is 11.6 Å². The number of hydrogen-bond donors (Lipinski definition) is 5. The Hall–Kier alpha value is -3.28. The number of carbonyl (C=O) groups excluding carboxylic acids is 4. The van der Waals surface area contributed by atoms with Crippen molar-refractivity contribution >= 4 is 34.7 Å². The lowest BCUT2D eigenvalue weighted by atomic mass is 9.54. The second-order valence-corrected chi connectivity index (χ2v) is 10.4. The van der Waals surface area contributed by atoms with Crippen molar-refractivity contribution < 1.29 is 39.6 Å². The number of hydrogen-bond acceptors (Lipinski definition) is 10. The zero-order valence-corrected chi connectivity index (χ0v) is 20.8. The number of rotatable bonds is 4. The van der Waals surface area contributed by atoms with Crippen LogP contribution in [-0.2, 0) is 20.8 Å². The molecule has 0 bridgehead atoms. The highest BCUT2D eigenvalue weighted by atomic mass is 16.3. The predicted molar refractivity (Wildman–Crippen MR) is 128 cm³/mol. The van der Waals surface area contributed by atoms with Gasteiger partial charge in [0, 0.05) is 37.3 Å². The number of anilines is 1. The van der Waals surface area contributed by atoms with Crippen LogP contribution in [0.1, 0.15) is 34.8 Å². The first-order chi connectivity index (χ1) is 16.7. The molecule has 1 amide bonds. The third-order valence-corrected chi connectivity index (χ3v) is 7.93. The first-order valence-electron chi connectivity index (χ1n) is 11.6. The number of carbonyl (C=O) groups is 4. The van der Waals surface area contributed by atoms with E-state index in [-0.39, 0.29) is 29.5 Å². The lowest BCUT2D eigenvalue weighted by Crippen LogP contribution is -2.73. The lowest BCUT2D eigenvalue weighted by molar-refractivity contribution is -0.184. The number of benzene rings is 1. The molecule has 0 radical (unpaired) electrons. The predicted octanol–water partition coefficient (Wildman–Crippen LogP) is -0.602. The molecule has 194 valence electrons. The van der Waals surface area contributed by atoms with E-state index in [1.165, 1.54) is 17.9 Å². The van der Waals surface area contributed by atoms with E-state index in [0.717, 1.165) is 0 Å². The van der Waals surface area contributed by atoms with Crippen molar-refractivity contribution in [1.82, 2.24) is 4.90 Å². The Balaban J connectivity index is 1.98. The number of phenolic OH excluding ortho intramolecular Hbond substituents is 1. The molecule has 6 N–H and O–H groups in total. The number of Topliss-reactive ketones (excluding diaryl/α,β-unsaturated/α-hetero) is 3. The summed E-state index contributed by atoms with van der Waals surface area (Å²) in [5, 5.41) is 44.7. The number of nitrogens with two attached hydrogens (primary N) is 1. The molecule has 3 aliphatic rings. The number of ketones is 3. The first-order valence-corrected chi connectivity index (χ1v) is 11.6. The molecular weight excluding hydrogens is 470 g/mol. The fourth-order valence-electron chi connectivity index (χ4n) is 6.32. The zero-order chi connectivity index (χ0) is 27.0. The Morgan fingerprint density at radius 3 is 2.25 bits per heavy atom. The van der Waals surface area contributed by atoms with Gasteiger partial charge in [0.1, 0.15) is 17.4 Å². The van der Waals surface area contributed by atoms with Crippen molar-refractivity contribution in [3.63, 3.8) is 0 Å². The smallest absolute Gasteiger partial charge is 0.230 e. The molecule has 11 heteroatoms. The van der Waals surface area contributed by atoms with E-state index < -0.39 is 70.3 Å². The number of phenols is 1. The summed E-state index contributed by atoms with van der Waals surface area (Å²) in [4.78, 5) is 54.7. The third-order valence-electron chi connectivity index (χ3n) is 7.93. The van der Waals surface area contributed by atoms with Crippen molar-refractivity contribution in [3.05, 3.63) is 28.3 Å². The largest absolute Gasteiger partial charge is 0.507 e. The van der Waals surface area contributed by atoms with Crippen molar-refractivity contribution in [1.29, 1.82) is 0 Å². The standard InChI is InChI=1S/C25H31N3O8/c1-9(29)11-8-14(27(2)3)12-6-10-7-13-18(28(4)5)21(32)17(24(26)35)23(34)25(13,36)22(33)15(10)20(31)16(12)19(11)30/h8,10,13,17-18,21,30-32,36H,6-7H2,1-5H3,(H2,26,35)/t10-,13-,17?,18-,21?,25-/m0/s1. The Kier molecular flexibility index (Phi) is 6.02. The number of fused-ring (bicyclic) bond motifs is 3. The molecule has 0 aromatic heterocycles. The van der Waals surface area contributed by atoms with Crippen LogP contribution in [0.2, 0.25) is 0 Å². The number of likely N-dealkylation sites (N-methyl/N-ethyl adjacent to an activating group) is 1. The van der Waals surface area contributed by atoms with E-state index in [2.05, 4.69) is 0 Å². The monoisotopic (exact) mass is 501 g/mol. The van der Waals surface area contributed by atoms with E-state index >= 15 is 0 Å². The number of nitrogens with zero attached hydrogens (tertiary/aromatic N) is 2. The van der Waals surface area contributed by atoms with Gasteiger partial charge in [0.25, 0.3) is 0 Å². The molecule has 0 spiro atoms. The van der Waals surface area contributed by atoms with Crippen LogP contribution in [0.4, 0.5) is 5.69 Å². The molecule has 11 nitrogen and oxygen atoms in total. The molecule has 0 aliphatic heterocycles. The first kappa shape index (κ1) is 25.8. The van der Waals surface area contributed by atoms with E-state index in [9.17, 15) is 39.6 Å². The maximum atomic E-state index is 13.8. The van der Waals surface area contributed by atoms with E-state index in [1.54, 1.807) is 33.1 Å². The van der Waals surface area contributed by atoms with Gasteiger partial charge in [0.15, 0.2) is 17.2 Å². The van der Waals surface area contributed by atoms with Crippen LogP contribution in [0.3, 0.4) is 0 Å². The summed E-state index contributed by atoms with van der Waals surface area (Å²) < 4.78 is 0. The van der Waals surface area contributed by atoms with Gasteiger partial charge >= 0.3 is 0 Å². The fourth-order valence-corrected chi connectivity index (χ4v) is 6.32. The van der Waals surface area contributed by atoms with Crippen molar-refractivity contribution in [3.8, 4) is 5.75 Å². The summed E-state index contributed by atoms with van der Waals surface area (Å²) in [5.74, 6) is -8.64. The second kappa shape index (κ2) is 8.39. The molecule has 2 unspecified atom stereocenters. The summed E-state index contributed by atoms with van der Waals surface area (Å²) in [7, 11) is 6.66. The van der Waals surface area contributed by atoms with E-state index in [0.29, 0.717) is 11.3 Å². The van der Waals surface area contributed by atoms with Gasteiger partial charge in [-0.05, 0) is 51.4 Å². The number of aliphatic hydroxyl groups is 3. The van der Waals surface area contributed by atoms with Crippen molar-refractivity contribution in [2.24, 2.45) is 23.5 Å². The van der Waals surface area contributed by atoms with Crippen LogP contribution in [0.5, 0.6) is 5.75 Å². The summed E-state index contributed by atoms with van der Waals surface area (Å²) in [6.45, 7) is 1.26. The van der Waals surface area contributed by atoms with Crippen LogP contribution in [0.25, 0.3) is 5.76 Å². The topological polar surface area (TPSA) is 182 Å². The van der Waals surface area contributed by atoms with Crippen LogP contribution in [0, 0.1) is 17.8 Å². The molecule has 0 saturated heterocycles. The van der Waals surface area contributed by atoms with Crippen molar-refractivity contribution in [2.75, 3.05) is 33.1 Å². The number of aliphatic hydroxyl groups excluding tert-OH is 2. The molecule has 1 aromatic rings. The van der Waals surface area contributed by atoms with Gasteiger partial charge in [-0.3, -0.25) is 19.2 Å². The summed E-state index contributed by atoms with van der Waals surface area (Å²) in [5.41, 5.74) is 3.31. The average molecular weight is 502 g/mol. The number of aromatic hydroxyl groups is 1. The molecule has 4 rings (SSSR count). The van der Waals surface area contributed by atoms with Gasteiger partial charge in [-0.15, -0.1) is 0 Å². The van der Waals surface area contributed by atoms with Crippen molar-refractivity contribution in [2.45, 2.75) is 37.5 Å². The molecule has 3 aliphatic carbocycles. The lowest BCUT2D eigenvalue weighted by Gasteiger charge is -2.53. The molecule has 36 heavy (non-hydrogen) atoms. The van der Waals surface area contributed by atoms with Gasteiger partial charge in [-0.2, -0.15) is 0 Å². The molecule has 2 fully saturated rings. The van der Waals surface area contributed by atoms with Crippen LogP contribution < -0.4 is 10.6 Å². The summed E-state index contributed by atoms with van der Waals surface area (Å²) in [6.07, 6.45) is -1.35. The Bertz CT molecular complexity index is 1240. The molecular formula is C25H31N3O8.